The Bertz CT molecular complexity index is 632. The topological polar surface area (TPSA) is 78.3 Å². The molecule has 0 saturated carbocycles. The lowest BCUT2D eigenvalue weighted by atomic mass is 9.93. The van der Waals surface area contributed by atoms with E-state index >= 15 is 0 Å². The molecule has 0 aromatic carbocycles. The molecule has 2 saturated heterocycles. The standard InChI is InChI=1S/C17H21FN4O2/c18-17(12-21-16(23)14-2-8-24-11-14)3-6-22(7-4-17)15-9-13(10-19)1-5-20-15/h1,5,9,14H,2-4,6-8,11-12H2,(H,21,23). The molecule has 0 radical (unpaired) electrons. The number of hydrogen-bond acceptors (Lipinski definition) is 5. The molecule has 128 valence electrons. The Kier molecular flexibility index (Phi) is 4.95. The number of rotatable bonds is 4. The fourth-order valence-electron chi connectivity index (χ4n) is 3.11. The van der Waals surface area contributed by atoms with E-state index in [1.54, 1.807) is 18.3 Å². The van der Waals surface area contributed by atoms with E-state index in [4.69, 9.17) is 10.00 Å². The summed E-state index contributed by atoms with van der Waals surface area (Å²) >= 11 is 0. The van der Waals surface area contributed by atoms with Gasteiger partial charge in [-0.1, -0.05) is 0 Å². The summed E-state index contributed by atoms with van der Waals surface area (Å²) in [4.78, 5) is 18.2. The number of nitrogens with one attached hydrogen (secondary N) is 1. The number of pyridine rings is 1. The van der Waals surface area contributed by atoms with E-state index in [1.807, 2.05) is 4.90 Å². The molecule has 0 aliphatic carbocycles. The molecule has 6 nitrogen and oxygen atoms in total. The zero-order chi connectivity index (χ0) is 17.0. The lowest BCUT2D eigenvalue weighted by Crippen LogP contribution is -2.49. The predicted octanol–water partition coefficient (Wildman–Crippen LogP) is 1.41. The first kappa shape index (κ1) is 16.7. The third-order valence-electron chi connectivity index (χ3n) is 4.74. The van der Waals surface area contributed by atoms with Crippen LogP contribution in [0.3, 0.4) is 0 Å². The minimum atomic E-state index is -1.39. The van der Waals surface area contributed by atoms with Gasteiger partial charge in [0.15, 0.2) is 0 Å². The fourth-order valence-corrected chi connectivity index (χ4v) is 3.11. The number of aromatic nitrogens is 1. The van der Waals surface area contributed by atoms with Crippen molar-refractivity contribution in [1.29, 1.82) is 5.26 Å². The number of nitriles is 1. The minimum Gasteiger partial charge on any atom is -0.381 e. The van der Waals surface area contributed by atoms with Crippen molar-refractivity contribution in [3.05, 3.63) is 23.9 Å². The van der Waals surface area contributed by atoms with E-state index in [0.29, 0.717) is 56.9 Å². The van der Waals surface area contributed by atoms with Crippen molar-refractivity contribution in [2.24, 2.45) is 5.92 Å². The number of anilines is 1. The molecule has 1 aromatic rings. The van der Waals surface area contributed by atoms with Crippen LogP contribution >= 0.6 is 0 Å². The van der Waals surface area contributed by atoms with E-state index in [0.717, 1.165) is 0 Å². The van der Waals surface area contributed by atoms with E-state index in [9.17, 15) is 9.18 Å². The summed E-state index contributed by atoms with van der Waals surface area (Å²) in [5, 5.41) is 11.7. The average molecular weight is 332 g/mol. The molecule has 0 spiro atoms. The van der Waals surface area contributed by atoms with Crippen LogP contribution in [0.25, 0.3) is 0 Å². The number of alkyl halides is 1. The first-order valence-electron chi connectivity index (χ1n) is 8.25. The molecule has 1 N–H and O–H groups in total. The number of halogens is 1. The maximum atomic E-state index is 14.9. The first-order valence-corrected chi connectivity index (χ1v) is 8.25. The van der Waals surface area contributed by atoms with Gasteiger partial charge in [-0.15, -0.1) is 0 Å². The van der Waals surface area contributed by atoms with Gasteiger partial charge in [-0.3, -0.25) is 4.79 Å². The normalized spacial score (nSPS) is 22.8. The van der Waals surface area contributed by atoms with Gasteiger partial charge in [-0.2, -0.15) is 5.26 Å². The second kappa shape index (κ2) is 7.14. The Labute approximate surface area is 140 Å². The fraction of sp³-hybridized carbons (Fsp3) is 0.588. The van der Waals surface area contributed by atoms with Gasteiger partial charge in [0.1, 0.15) is 11.5 Å². The van der Waals surface area contributed by atoms with E-state index < -0.39 is 5.67 Å². The van der Waals surface area contributed by atoms with Crippen molar-refractivity contribution in [1.82, 2.24) is 10.3 Å². The SMILES string of the molecule is N#Cc1ccnc(N2CCC(F)(CNC(=O)C3CCOC3)CC2)c1. The van der Waals surface area contributed by atoms with Gasteiger partial charge in [0, 0.05) is 38.7 Å². The van der Waals surface area contributed by atoms with Crippen LogP contribution < -0.4 is 10.2 Å². The number of nitrogens with zero attached hydrogens (tertiary/aromatic N) is 3. The summed E-state index contributed by atoms with van der Waals surface area (Å²) in [5.41, 5.74) is -0.846. The molecule has 3 rings (SSSR count). The van der Waals surface area contributed by atoms with Crippen molar-refractivity contribution in [2.75, 3.05) is 37.7 Å². The Morgan fingerprint density at radius 2 is 2.33 bits per heavy atom. The molecule has 1 atom stereocenters. The van der Waals surface area contributed by atoms with Crippen LogP contribution in [0, 0.1) is 17.2 Å². The van der Waals surface area contributed by atoms with Crippen molar-refractivity contribution >= 4 is 11.7 Å². The summed E-state index contributed by atoms with van der Waals surface area (Å²) in [6.45, 7) is 2.10. The monoisotopic (exact) mass is 332 g/mol. The maximum absolute atomic E-state index is 14.9. The molecule has 2 aliphatic rings. The van der Waals surface area contributed by atoms with Crippen LogP contribution in [0.1, 0.15) is 24.8 Å². The zero-order valence-corrected chi connectivity index (χ0v) is 13.5. The molecule has 0 bridgehead atoms. The van der Waals surface area contributed by atoms with Crippen molar-refractivity contribution in [2.45, 2.75) is 24.9 Å². The highest BCUT2D eigenvalue weighted by Gasteiger charge is 2.36. The van der Waals surface area contributed by atoms with Gasteiger partial charge in [-0.05, 0) is 18.6 Å². The maximum Gasteiger partial charge on any atom is 0.225 e. The minimum absolute atomic E-state index is 0.0435. The van der Waals surface area contributed by atoms with Crippen molar-refractivity contribution < 1.29 is 13.9 Å². The van der Waals surface area contributed by atoms with Crippen molar-refractivity contribution in [3.8, 4) is 6.07 Å². The number of carbonyl (C=O) groups is 1. The van der Waals surface area contributed by atoms with Crippen LogP contribution in [0.4, 0.5) is 10.2 Å². The number of hydrogen-bond donors (Lipinski definition) is 1. The van der Waals surface area contributed by atoms with Gasteiger partial charge in [0.25, 0.3) is 0 Å². The van der Waals surface area contributed by atoms with Crippen LogP contribution in [0.5, 0.6) is 0 Å². The van der Waals surface area contributed by atoms with Crippen LogP contribution in [-0.2, 0) is 9.53 Å². The van der Waals surface area contributed by atoms with Gasteiger partial charge in [-0.25, -0.2) is 9.37 Å². The zero-order valence-electron chi connectivity index (χ0n) is 13.5. The largest absolute Gasteiger partial charge is 0.381 e. The summed E-state index contributed by atoms with van der Waals surface area (Å²) in [5.74, 6) is 0.435. The Morgan fingerprint density at radius 3 is 3.00 bits per heavy atom. The summed E-state index contributed by atoms with van der Waals surface area (Å²) in [6.07, 6.45) is 2.95. The molecule has 1 amide bonds. The smallest absolute Gasteiger partial charge is 0.225 e. The number of ether oxygens (including phenoxy) is 1. The molecular formula is C17H21FN4O2. The number of piperidine rings is 1. The van der Waals surface area contributed by atoms with Gasteiger partial charge in [0.2, 0.25) is 5.91 Å². The third-order valence-corrected chi connectivity index (χ3v) is 4.74. The van der Waals surface area contributed by atoms with Gasteiger partial charge >= 0.3 is 0 Å². The Balaban J connectivity index is 1.51. The highest BCUT2D eigenvalue weighted by molar-refractivity contribution is 5.79. The molecule has 7 heteroatoms. The van der Waals surface area contributed by atoms with Crippen molar-refractivity contribution in [3.63, 3.8) is 0 Å². The van der Waals surface area contributed by atoms with Gasteiger partial charge < -0.3 is 15.0 Å². The second-order valence-corrected chi connectivity index (χ2v) is 6.43. The van der Waals surface area contributed by atoms with E-state index in [1.165, 1.54) is 0 Å². The average Bonchev–Trinajstić information content (AvgIpc) is 3.15. The van der Waals surface area contributed by atoms with Crippen LogP contribution in [-0.4, -0.2) is 49.4 Å². The van der Waals surface area contributed by atoms with Gasteiger partial charge in [0.05, 0.1) is 30.7 Å². The molecule has 1 unspecified atom stereocenters. The predicted molar refractivity (Wildman–Crippen MR) is 86.2 cm³/mol. The number of carbonyl (C=O) groups excluding carboxylic acids is 1. The highest BCUT2D eigenvalue weighted by atomic mass is 19.1. The molecular weight excluding hydrogens is 311 g/mol. The van der Waals surface area contributed by atoms with Crippen LogP contribution in [0.2, 0.25) is 0 Å². The highest BCUT2D eigenvalue weighted by Crippen LogP contribution is 2.28. The lowest BCUT2D eigenvalue weighted by molar-refractivity contribution is -0.125. The molecule has 2 fully saturated rings. The van der Waals surface area contributed by atoms with Crippen LogP contribution in [0.15, 0.2) is 18.3 Å². The molecule has 1 aromatic heterocycles. The Morgan fingerprint density at radius 1 is 1.54 bits per heavy atom. The number of amides is 1. The quantitative estimate of drug-likeness (QED) is 0.902. The third kappa shape index (κ3) is 3.82. The summed E-state index contributed by atoms with van der Waals surface area (Å²) in [7, 11) is 0. The second-order valence-electron chi connectivity index (χ2n) is 6.43. The molecule has 3 heterocycles. The molecule has 2 aliphatic heterocycles. The first-order chi connectivity index (χ1) is 11.6. The lowest BCUT2D eigenvalue weighted by Gasteiger charge is -2.37. The summed E-state index contributed by atoms with van der Waals surface area (Å²) in [6, 6.07) is 5.45. The van der Waals surface area contributed by atoms with E-state index in [-0.39, 0.29) is 18.4 Å². The summed E-state index contributed by atoms with van der Waals surface area (Å²) < 4.78 is 20.1. The molecule has 24 heavy (non-hydrogen) atoms. The van der Waals surface area contributed by atoms with E-state index in [2.05, 4.69) is 16.4 Å². The Hall–Kier alpha value is -2.20.